The second-order valence-corrected chi connectivity index (χ2v) is 4.86. The number of hydrogen-bond acceptors (Lipinski definition) is 4. The van der Waals surface area contributed by atoms with Crippen molar-refractivity contribution in [1.82, 2.24) is 15.0 Å². The Hall–Kier alpha value is -0.520. The van der Waals surface area contributed by atoms with E-state index in [1.165, 1.54) is 11.3 Å². The van der Waals surface area contributed by atoms with E-state index in [-0.39, 0.29) is 0 Å². The molecule has 0 unspecified atom stereocenters. The van der Waals surface area contributed by atoms with E-state index >= 15 is 0 Å². The Morgan fingerprint density at radius 3 is 2.87 bits per heavy atom. The molecule has 6 heteroatoms. The third-order valence-corrected chi connectivity index (χ3v) is 3.97. The van der Waals surface area contributed by atoms with Crippen LogP contribution in [-0.2, 0) is 6.42 Å². The van der Waals surface area contributed by atoms with Gasteiger partial charge in [0.1, 0.15) is 5.15 Å². The van der Waals surface area contributed by atoms with Gasteiger partial charge in [-0.25, -0.2) is 9.97 Å². The molecule has 0 aliphatic heterocycles. The van der Waals surface area contributed by atoms with E-state index in [1.54, 1.807) is 11.7 Å². The Labute approximate surface area is 105 Å². The lowest BCUT2D eigenvalue weighted by Gasteiger charge is -2.04. The molecule has 15 heavy (non-hydrogen) atoms. The minimum Gasteiger partial charge on any atom is -0.252 e. The molecule has 0 amide bonds. The molecule has 0 atom stereocenters. The molecule has 78 valence electrons. The molecule has 2 rings (SSSR count). The van der Waals surface area contributed by atoms with Crippen molar-refractivity contribution in [2.75, 3.05) is 0 Å². The number of halogens is 2. The Bertz CT molecular complexity index is 472. The van der Waals surface area contributed by atoms with Crippen LogP contribution in [0.5, 0.6) is 0 Å². The molecule has 0 saturated carbocycles. The summed E-state index contributed by atoms with van der Waals surface area (Å²) in [6.07, 6.45) is 2.55. The molecule has 2 aromatic rings. The fraction of sp³-hybridized carbons (Fsp3) is 0.222. The molecule has 0 N–H and O–H groups in total. The summed E-state index contributed by atoms with van der Waals surface area (Å²) in [5, 5.41) is 0.449. The Balaban J connectivity index is 2.55. The van der Waals surface area contributed by atoms with Crippen LogP contribution in [0.15, 0.2) is 16.2 Å². The maximum absolute atomic E-state index is 6.00. The highest BCUT2D eigenvalue weighted by atomic mass is 79.9. The molecular formula is C9H7BrClN3S. The summed E-state index contributed by atoms with van der Waals surface area (Å²) in [5.74, 6) is 0.641. The van der Waals surface area contributed by atoms with Gasteiger partial charge in [-0.05, 0) is 22.4 Å². The summed E-state index contributed by atoms with van der Waals surface area (Å²) in [4.78, 5) is 13.5. The van der Waals surface area contributed by atoms with Crippen LogP contribution in [0.3, 0.4) is 0 Å². The summed E-state index contributed by atoms with van der Waals surface area (Å²) in [6, 6.07) is 0. The highest BCUT2D eigenvalue weighted by Gasteiger charge is 2.11. The average molecular weight is 305 g/mol. The summed E-state index contributed by atoms with van der Waals surface area (Å²) >= 11 is 10.9. The lowest BCUT2D eigenvalue weighted by Crippen LogP contribution is -1.96. The first-order chi connectivity index (χ1) is 7.22. The molecule has 0 aliphatic rings. The SMILES string of the molecule is CCc1nc(-c2cncs2)nc(Cl)c1Br. The van der Waals surface area contributed by atoms with Crippen LogP contribution < -0.4 is 0 Å². The predicted molar refractivity (Wildman–Crippen MR) is 65.2 cm³/mol. The Morgan fingerprint density at radius 2 is 2.27 bits per heavy atom. The van der Waals surface area contributed by atoms with Gasteiger partial charge in [0.25, 0.3) is 0 Å². The highest BCUT2D eigenvalue weighted by Crippen LogP contribution is 2.28. The number of rotatable bonds is 2. The standard InChI is InChI=1S/C9H7BrClN3S/c1-2-5-7(10)8(11)14-9(13-5)6-3-12-4-15-6/h3-4H,2H2,1H3. The maximum atomic E-state index is 6.00. The van der Waals surface area contributed by atoms with E-state index < -0.39 is 0 Å². The Kier molecular flexibility index (Phi) is 3.33. The van der Waals surface area contributed by atoms with E-state index in [0.29, 0.717) is 11.0 Å². The van der Waals surface area contributed by atoms with Crippen molar-refractivity contribution in [2.24, 2.45) is 0 Å². The van der Waals surface area contributed by atoms with Gasteiger partial charge >= 0.3 is 0 Å². The maximum Gasteiger partial charge on any atom is 0.172 e. The quantitative estimate of drug-likeness (QED) is 0.796. The molecular weight excluding hydrogens is 298 g/mol. The van der Waals surface area contributed by atoms with Crippen LogP contribution in [0.25, 0.3) is 10.7 Å². The minimum absolute atomic E-state index is 0.449. The van der Waals surface area contributed by atoms with Gasteiger partial charge in [-0.15, -0.1) is 11.3 Å². The van der Waals surface area contributed by atoms with Gasteiger partial charge in [-0.1, -0.05) is 18.5 Å². The number of thiazole rings is 1. The van der Waals surface area contributed by atoms with Gasteiger partial charge in [0.05, 0.1) is 20.6 Å². The van der Waals surface area contributed by atoms with Crippen molar-refractivity contribution in [2.45, 2.75) is 13.3 Å². The zero-order valence-electron chi connectivity index (χ0n) is 7.87. The van der Waals surface area contributed by atoms with Crippen molar-refractivity contribution in [3.8, 4) is 10.7 Å². The fourth-order valence-corrected chi connectivity index (χ4v) is 2.33. The van der Waals surface area contributed by atoms with Gasteiger partial charge in [0.2, 0.25) is 0 Å². The molecule has 0 saturated heterocycles. The number of hydrogen-bond donors (Lipinski definition) is 0. The molecule has 2 heterocycles. The first-order valence-electron chi connectivity index (χ1n) is 4.33. The third-order valence-electron chi connectivity index (χ3n) is 1.87. The normalized spacial score (nSPS) is 10.6. The van der Waals surface area contributed by atoms with E-state index in [9.17, 15) is 0 Å². The Morgan fingerprint density at radius 1 is 1.47 bits per heavy atom. The summed E-state index contributed by atoms with van der Waals surface area (Å²) in [7, 11) is 0. The van der Waals surface area contributed by atoms with E-state index in [4.69, 9.17) is 11.6 Å². The minimum atomic E-state index is 0.449. The van der Waals surface area contributed by atoms with E-state index in [2.05, 4.69) is 30.9 Å². The zero-order chi connectivity index (χ0) is 10.8. The van der Waals surface area contributed by atoms with Crippen molar-refractivity contribution >= 4 is 38.9 Å². The van der Waals surface area contributed by atoms with Crippen molar-refractivity contribution < 1.29 is 0 Å². The van der Waals surface area contributed by atoms with Crippen LogP contribution >= 0.6 is 38.9 Å². The second kappa shape index (κ2) is 4.55. The van der Waals surface area contributed by atoms with Crippen molar-refractivity contribution in [1.29, 1.82) is 0 Å². The van der Waals surface area contributed by atoms with Crippen LogP contribution in [0.2, 0.25) is 5.15 Å². The number of nitrogens with zero attached hydrogens (tertiary/aromatic N) is 3. The van der Waals surface area contributed by atoms with Gasteiger partial charge in [0, 0.05) is 6.20 Å². The molecule has 3 nitrogen and oxygen atoms in total. The molecule has 0 fully saturated rings. The van der Waals surface area contributed by atoms with Crippen LogP contribution in [0, 0.1) is 0 Å². The molecule has 0 radical (unpaired) electrons. The largest absolute Gasteiger partial charge is 0.252 e. The highest BCUT2D eigenvalue weighted by molar-refractivity contribution is 9.10. The molecule has 0 aliphatic carbocycles. The van der Waals surface area contributed by atoms with Gasteiger partial charge in [-0.2, -0.15) is 0 Å². The summed E-state index contributed by atoms with van der Waals surface area (Å²) < 4.78 is 0.778. The lowest BCUT2D eigenvalue weighted by atomic mass is 10.3. The molecule has 2 aromatic heterocycles. The predicted octanol–water partition coefficient (Wildman–Crippen LogP) is 3.58. The number of aryl methyl sites for hydroxylation is 1. The van der Waals surface area contributed by atoms with E-state index in [0.717, 1.165) is 21.5 Å². The second-order valence-electron chi connectivity index (χ2n) is 2.82. The molecule has 0 bridgehead atoms. The van der Waals surface area contributed by atoms with Gasteiger partial charge in [-0.3, -0.25) is 4.98 Å². The first kappa shape index (κ1) is 11.0. The first-order valence-corrected chi connectivity index (χ1v) is 6.38. The van der Waals surface area contributed by atoms with Gasteiger partial charge in [0.15, 0.2) is 5.82 Å². The van der Waals surface area contributed by atoms with Crippen LogP contribution in [-0.4, -0.2) is 15.0 Å². The van der Waals surface area contributed by atoms with Crippen molar-refractivity contribution in [3.63, 3.8) is 0 Å². The topological polar surface area (TPSA) is 38.7 Å². The summed E-state index contributed by atoms with van der Waals surface area (Å²) in [6.45, 7) is 2.03. The smallest absolute Gasteiger partial charge is 0.172 e. The van der Waals surface area contributed by atoms with Crippen molar-refractivity contribution in [3.05, 3.63) is 27.0 Å². The summed E-state index contributed by atoms with van der Waals surface area (Å²) in [5.41, 5.74) is 2.67. The lowest BCUT2D eigenvalue weighted by molar-refractivity contribution is 0.993. The fourth-order valence-electron chi connectivity index (χ4n) is 1.13. The third kappa shape index (κ3) is 2.19. The van der Waals surface area contributed by atoms with Crippen LogP contribution in [0.1, 0.15) is 12.6 Å². The number of aromatic nitrogens is 3. The molecule has 0 spiro atoms. The molecule has 0 aromatic carbocycles. The van der Waals surface area contributed by atoms with Crippen LogP contribution in [0.4, 0.5) is 0 Å². The van der Waals surface area contributed by atoms with Gasteiger partial charge < -0.3 is 0 Å². The van der Waals surface area contributed by atoms with E-state index in [1.807, 2.05) is 6.92 Å². The average Bonchev–Trinajstić information content (AvgIpc) is 2.75. The zero-order valence-corrected chi connectivity index (χ0v) is 11.0. The monoisotopic (exact) mass is 303 g/mol.